The number of hydrogen-bond donors (Lipinski definition) is 2. The summed E-state index contributed by atoms with van der Waals surface area (Å²) >= 11 is 1.36. The average molecular weight is 471 g/mol. The van der Waals surface area contributed by atoms with Crippen LogP contribution < -0.4 is 10.9 Å². The lowest BCUT2D eigenvalue weighted by Gasteiger charge is -2.30. The number of rotatable bonds is 7. The summed E-state index contributed by atoms with van der Waals surface area (Å²) < 4.78 is 5.07. The van der Waals surface area contributed by atoms with Gasteiger partial charge in [-0.25, -0.2) is 4.98 Å². The van der Waals surface area contributed by atoms with Crippen molar-refractivity contribution in [3.05, 3.63) is 58.1 Å². The summed E-state index contributed by atoms with van der Waals surface area (Å²) in [4.78, 5) is 54.1. The Morgan fingerprint density at radius 2 is 1.82 bits per heavy atom. The van der Waals surface area contributed by atoms with Gasteiger partial charge < -0.3 is 9.64 Å². The summed E-state index contributed by atoms with van der Waals surface area (Å²) in [5, 5.41) is 2.48. The first kappa shape index (κ1) is 24.1. The second-order valence-corrected chi connectivity index (χ2v) is 8.55. The molecule has 3 amide bonds. The maximum atomic E-state index is 12.3. The van der Waals surface area contributed by atoms with Crippen LogP contribution in [0, 0.1) is 12.8 Å². The summed E-state index contributed by atoms with van der Waals surface area (Å²) in [6.07, 6.45) is 4.28. The minimum absolute atomic E-state index is 0.0520. The van der Waals surface area contributed by atoms with Crippen molar-refractivity contribution in [1.29, 1.82) is 0 Å². The van der Waals surface area contributed by atoms with E-state index in [9.17, 15) is 19.2 Å². The van der Waals surface area contributed by atoms with Crippen molar-refractivity contribution in [3.63, 3.8) is 0 Å². The monoisotopic (exact) mass is 470 g/mol. The average Bonchev–Trinajstić information content (AvgIpc) is 3.24. The van der Waals surface area contributed by atoms with Crippen LogP contribution in [-0.4, -0.2) is 53.3 Å². The van der Waals surface area contributed by atoms with Crippen LogP contribution in [0.4, 0.5) is 0 Å². The Morgan fingerprint density at radius 3 is 2.48 bits per heavy atom. The lowest BCUT2D eigenvalue weighted by Crippen LogP contribution is -2.45. The highest BCUT2D eigenvalue weighted by molar-refractivity contribution is 7.09. The Labute approximate surface area is 195 Å². The molecule has 33 heavy (non-hydrogen) atoms. The van der Waals surface area contributed by atoms with E-state index < -0.39 is 24.4 Å². The van der Waals surface area contributed by atoms with Crippen molar-refractivity contribution in [2.45, 2.75) is 26.2 Å². The zero-order valence-corrected chi connectivity index (χ0v) is 19.1. The van der Waals surface area contributed by atoms with Crippen LogP contribution in [0.5, 0.6) is 0 Å². The second-order valence-electron chi connectivity index (χ2n) is 7.61. The molecule has 2 heterocycles. The number of amides is 3. The summed E-state index contributed by atoms with van der Waals surface area (Å²) in [5.74, 6) is -2.01. The third-order valence-electron chi connectivity index (χ3n) is 5.02. The highest BCUT2D eigenvalue weighted by Crippen LogP contribution is 2.19. The molecule has 3 rings (SSSR count). The normalized spacial score (nSPS) is 14.2. The molecule has 0 atom stereocenters. The van der Waals surface area contributed by atoms with Crippen molar-refractivity contribution in [2.24, 2.45) is 5.92 Å². The number of nitrogens with zero attached hydrogens (tertiary/aromatic N) is 2. The summed E-state index contributed by atoms with van der Waals surface area (Å²) in [5.41, 5.74) is 6.26. The van der Waals surface area contributed by atoms with Crippen LogP contribution in [0.3, 0.4) is 0 Å². The van der Waals surface area contributed by atoms with Crippen LogP contribution in [-0.2, 0) is 30.3 Å². The fraction of sp³-hybridized carbons (Fsp3) is 0.348. The number of thiazole rings is 1. The highest BCUT2D eigenvalue weighted by atomic mass is 32.1. The minimum Gasteiger partial charge on any atom is -0.455 e. The number of esters is 1. The van der Waals surface area contributed by atoms with Gasteiger partial charge in [0.15, 0.2) is 6.61 Å². The van der Waals surface area contributed by atoms with Crippen LogP contribution >= 0.6 is 11.3 Å². The lowest BCUT2D eigenvalue weighted by molar-refractivity contribution is -0.155. The first-order chi connectivity index (χ1) is 15.9. The number of ether oxygens (including phenoxy) is 1. The van der Waals surface area contributed by atoms with Gasteiger partial charge in [-0.1, -0.05) is 30.3 Å². The Morgan fingerprint density at radius 1 is 1.12 bits per heavy atom. The summed E-state index contributed by atoms with van der Waals surface area (Å²) in [6, 6.07) is 9.54. The first-order valence-electron chi connectivity index (χ1n) is 10.6. The van der Waals surface area contributed by atoms with Crippen molar-refractivity contribution >= 4 is 41.1 Å². The van der Waals surface area contributed by atoms with Crippen LogP contribution in [0.1, 0.15) is 29.1 Å². The molecule has 2 aromatic rings. The van der Waals surface area contributed by atoms with E-state index in [4.69, 9.17) is 4.74 Å². The molecule has 0 aliphatic carbocycles. The molecule has 0 saturated carbocycles. The number of carbonyl (C=O) groups is 4. The van der Waals surface area contributed by atoms with Crippen molar-refractivity contribution in [3.8, 4) is 0 Å². The number of carbonyl (C=O) groups excluding carboxylic acids is 4. The van der Waals surface area contributed by atoms with Gasteiger partial charge in [0, 0.05) is 30.2 Å². The van der Waals surface area contributed by atoms with Gasteiger partial charge in [0.05, 0.1) is 12.3 Å². The molecule has 1 aromatic heterocycles. The lowest BCUT2D eigenvalue weighted by atomic mass is 9.97. The molecule has 2 N–H and O–H groups in total. The van der Waals surface area contributed by atoms with E-state index in [1.165, 1.54) is 17.4 Å². The van der Waals surface area contributed by atoms with Crippen LogP contribution in [0.15, 0.2) is 41.8 Å². The molecular weight excluding hydrogens is 444 g/mol. The molecular formula is C23H26N4O5S. The predicted octanol–water partition coefficient (Wildman–Crippen LogP) is 1.64. The van der Waals surface area contributed by atoms with Gasteiger partial charge in [-0.05, 0) is 31.4 Å². The van der Waals surface area contributed by atoms with Gasteiger partial charge in [-0.15, -0.1) is 11.3 Å². The zero-order chi connectivity index (χ0) is 23.6. The van der Waals surface area contributed by atoms with Gasteiger partial charge in [-0.3, -0.25) is 30.0 Å². The standard InChI is InChI=1S/C23H26N4O5S/c1-16-15-33-21(24-16)13-19(28)25-26-20(29)14-32-23(31)18-9-11-27(12-10-18)22(30)8-7-17-5-3-2-4-6-17/h2-8,15,18H,9-14H2,1H3,(H,25,28)(H,26,29)/b8-7+. The maximum absolute atomic E-state index is 12.3. The smallest absolute Gasteiger partial charge is 0.309 e. The Balaban J connectivity index is 1.32. The van der Waals surface area contributed by atoms with E-state index in [0.717, 1.165) is 11.3 Å². The first-order valence-corrected chi connectivity index (χ1v) is 11.5. The fourth-order valence-corrected chi connectivity index (χ4v) is 4.04. The number of nitrogens with one attached hydrogen (secondary N) is 2. The molecule has 1 fully saturated rings. The van der Waals surface area contributed by atoms with Gasteiger partial charge in [-0.2, -0.15) is 0 Å². The number of aryl methyl sites for hydroxylation is 1. The second kappa shape index (κ2) is 11.9. The number of piperidine rings is 1. The molecule has 0 spiro atoms. The zero-order valence-electron chi connectivity index (χ0n) is 18.3. The number of likely N-dealkylation sites (tertiary alicyclic amines) is 1. The van der Waals surface area contributed by atoms with Crippen LogP contribution in [0.25, 0.3) is 6.08 Å². The van der Waals surface area contributed by atoms with E-state index >= 15 is 0 Å². The van der Waals surface area contributed by atoms with Gasteiger partial charge in [0.1, 0.15) is 5.01 Å². The molecule has 174 valence electrons. The molecule has 9 nitrogen and oxygen atoms in total. The summed E-state index contributed by atoms with van der Waals surface area (Å²) in [7, 11) is 0. The summed E-state index contributed by atoms with van der Waals surface area (Å²) in [6.45, 7) is 2.22. The number of hydrogen-bond acceptors (Lipinski definition) is 7. The fourth-order valence-electron chi connectivity index (χ4n) is 3.27. The number of aromatic nitrogens is 1. The third kappa shape index (κ3) is 7.83. The third-order valence-corrected chi connectivity index (χ3v) is 5.99. The van der Waals surface area contributed by atoms with Gasteiger partial charge in [0.2, 0.25) is 11.8 Å². The molecule has 0 bridgehead atoms. The van der Waals surface area contributed by atoms with Crippen LogP contribution in [0.2, 0.25) is 0 Å². The molecule has 0 radical (unpaired) electrons. The molecule has 1 aliphatic rings. The van der Waals surface area contributed by atoms with Gasteiger partial charge in [0.25, 0.3) is 5.91 Å². The van der Waals surface area contributed by atoms with E-state index in [1.54, 1.807) is 11.0 Å². The Kier molecular flexibility index (Phi) is 8.71. The Bertz CT molecular complexity index is 1010. The molecule has 1 saturated heterocycles. The van der Waals surface area contributed by atoms with Crippen molar-refractivity contribution < 1.29 is 23.9 Å². The predicted molar refractivity (Wildman–Crippen MR) is 123 cm³/mol. The topological polar surface area (TPSA) is 118 Å². The van der Waals surface area contributed by atoms with Crippen molar-refractivity contribution in [1.82, 2.24) is 20.7 Å². The number of hydrazine groups is 1. The quantitative estimate of drug-likeness (QED) is 0.361. The molecule has 1 aromatic carbocycles. The van der Waals surface area contributed by atoms with Crippen molar-refractivity contribution in [2.75, 3.05) is 19.7 Å². The maximum Gasteiger partial charge on any atom is 0.309 e. The van der Waals surface area contributed by atoms with Gasteiger partial charge >= 0.3 is 5.97 Å². The minimum atomic E-state index is -0.634. The van der Waals surface area contributed by atoms with E-state index in [-0.39, 0.29) is 18.2 Å². The number of benzene rings is 1. The largest absolute Gasteiger partial charge is 0.455 e. The molecule has 1 aliphatic heterocycles. The van der Waals surface area contributed by atoms with E-state index in [0.29, 0.717) is 30.9 Å². The SMILES string of the molecule is Cc1csc(CC(=O)NNC(=O)COC(=O)C2CCN(C(=O)/C=C/c3ccccc3)CC2)n1. The highest BCUT2D eigenvalue weighted by Gasteiger charge is 2.28. The van der Waals surface area contributed by atoms with E-state index in [2.05, 4.69) is 15.8 Å². The molecule has 0 unspecified atom stereocenters. The Hall–Kier alpha value is -3.53. The molecule has 10 heteroatoms. The van der Waals surface area contributed by atoms with E-state index in [1.807, 2.05) is 42.6 Å².